The molecule has 0 aliphatic carbocycles. The molecule has 0 amide bonds. The molecule has 1 aromatic carbocycles. The lowest BCUT2D eigenvalue weighted by molar-refractivity contribution is 0.366. The number of fused-ring (bicyclic) bond motifs is 3. The number of para-hydroxylation sites is 1. The van der Waals surface area contributed by atoms with Gasteiger partial charge in [-0.1, -0.05) is 18.2 Å². The third kappa shape index (κ3) is 2.31. The normalized spacial score (nSPS) is 17.2. The molecule has 2 aromatic heterocycles. The molecule has 0 bridgehead atoms. The molecular weight excluding hydrogens is 320 g/mol. The van der Waals surface area contributed by atoms with Crippen molar-refractivity contribution in [1.82, 2.24) is 19.9 Å². The van der Waals surface area contributed by atoms with Crippen LogP contribution < -0.4 is 16.6 Å². The van der Waals surface area contributed by atoms with Crippen molar-refractivity contribution in [3.05, 3.63) is 61.9 Å². The second-order valence-electron chi connectivity index (χ2n) is 6.66. The number of nitrogens with zero attached hydrogens (tertiary/aromatic N) is 1. The van der Waals surface area contributed by atoms with Crippen LogP contribution in [0.2, 0.25) is 0 Å². The van der Waals surface area contributed by atoms with Crippen molar-refractivity contribution in [2.45, 2.75) is 32.4 Å². The summed E-state index contributed by atoms with van der Waals surface area (Å²) in [4.78, 5) is 30.2. The second kappa shape index (κ2) is 5.63. The van der Waals surface area contributed by atoms with Gasteiger partial charge < -0.3 is 15.4 Å². The van der Waals surface area contributed by atoms with Crippen molar-refractivity contribution >= 4 is 10.9 Å². The monoisotopic (exact) mass is 340 g/mol. The lowest BCUT2D eigenvalue weighted by Gasteiger charge is -2.25. The molecule has 7 heteroatoms. The maximum Gasteiger partial charge on any atom is 0.331 e. The van der Waals surface area contributed by atoms with Crippen LogP contribution in [0.1, 0.15) is 42.8 Å². The predicted molar refractivity (Wildman–Crippen MR) is 95.2 cm³/mol. The predicted octanol–water partition coefficient (Wildman–Crippen LogP) is 1.54. The molecule has 3 aromatic rings. The van der Waals surface area contributed by atoms with E-state index in [0.29, 0.717) is 6.54 Å². The molecule has 4 N–H and O–H groups in total. The van der Waals surface area contributed by atoms with Crippen molar-refractivity contribution in [2.24, 2.45) is 0 Å². The Labute approximate surface area is 143 Å². The topological polar surface area (TPSA) is 103 Å². The van der Waals surface area contributed by atoms with E-state index in [-0.39, 0.29) is 17.5 Å². The van der Waals surface area contributed by atoms with E-state index >= 15 is 0 Å². The van der Waals surface area contributed by atoms with Crippen molar-refractivity contribution in [3.63, 3.8) is 0 Å². The van der Waals surface area contributed by atoms with Crippen LogP contribution in [0.3, 0.4) is 0 Å². The maximum absolute atomic E-state index is 12.5. The minimum absolute atomic E-state index is 0.167. The van der Waals surface area contributed by atoms with E-state index in [1.807, 2.05) is 24.3 Å². The van der Waals surface area contributed by atoms with Gasteiger partial charge in [-0.25, -0.2) is 4.79 Å². The Morgan fingerprint density at radius 3 is 2.72 bits per heavy atom. The van der Waals surface area contributed by atoms with E-state index < -0.39 is 17.3 Å². The Morgan fingerprint density at radius 1 is 1.20 bits per heavy atom. The fourth-order valence-electron chi connectivity index (χ4n) is 3.72. The quantitative estimate of drug-likeness (QED) is 0.568. The Hall–Kier alpha value is -2.80. The number of benzene rings is 1. The van der Waals surface area contributed by atoms with Crippen LogP contribution in [0.15, 0.2) is 33.9 Å². The molecule has 1 atom stereocenters. The van der Waals surface area contributed by atoms with Crippen LogP contribution in [0, 0.1) is 0 Å². The average molecular weight is 340 g/mol. The molecule has 0 saturated heterocycles. The number of aromatic amines is 2. The molecule has 0 radical (unpaired) electrons. The molecule has 0 fully saturated rings. The van der Waals surface area contributed by atoms with Gasteiger partial charge in [0.25, 0.3) is 5.56 Å². The van der Waals surface area contributed by atoms with Crippen molar-refractivity contribution in [1.29, 1.82) is 0 Å². The molecule has 1 aliphatic heterocycles. The third-order valence-corrected chi connectivity index (χ3v) is 4.82. The highest BCUT2D eigenvalue weighted by atomic mass is 16.3. The summed E-state index contributed by atoms with van der Waals surface area (Å²) in [6.45, 7) is 4.25. The van der Waals surface area contributed by atoms with E-state index in [2.05, 4.69) is 15.3 Å². The Kier molecular flexibility index (Phi) is 3.54. The standard InChI is InChI=1S/C18H20N4O3/c1-9(2)22-17(24)13(16(23)21-18(22)25)15-14-11(7-8-19-15)10-5-3-4-6-12(10)20-14/h3-6,9,15,19-20,24H,7-8H2,1-2H3,(H,21,23,25)/t15-/m1/s1. The summed E-state index contributed by atoms with van der Waals surface area (Å²) < 4.78 is 1.20. The number of nitrogens with one attached hydrogen (secondary N) is 3. The highest BCUT2D eigenvalue weighted by molar-refractivity contribution is 5.85. The van der Waals surface area contributed by atoms with Gasteiger partial charge in [-0.2, -0.15) is 0 Å². The largest absolute Gasteiger partial charge is 0.494 e. The van der Waals surface area contributed by atoms with Gasteiger partial charge >= 0.3 is 5.69 Å². The summed E-state index contributed by atoms with van der Waals surface area (Å²) >= 11 is 0. The number of rotatable bonds is 2. The number of aromatic hydroxyl groups is 1. The van der Waals surface area contributed by atoms with Gasteiger partial charge in [0.05, 0.1) is 6.04 Å². The first-order valence-corrected chi connectivity index (χ1v) is 8.39. The van der Waals surface area contributed by atoms with E-state index in [0.717, 1.165) is 28.6 Å². The van der Waals surface area contributed by atoms with Crippen LogP contribution in [0.5, 0.6) is 5.88 Å². The zero-order chi connectivity index (χ0) is 17.7. The van der Waals surface area contributed by atoms with Gasteiger partial charge in [-0.05, 0) is 31.9 Å². The summed E-state index contributed by atoms with van der Waals surface area (Å²) in [5, 5.41) is 15.1. The molecular formula is C18H20N4O3. The van der Waals surface area contributed by atoms with Gasteiger partial charge in [-0.3, -0.25) is 14.3 Å². The second-order valence-corrected chi connectivity index (χ2v) is 6.66. The summed E-state index contributed by atoms with van der Waals surface area (Å²) in [6.07, 6.45) is 0.832. The minimum atomic E-state index is -0.603. The molecule has 1 aliphatic rings. The van der Waals surface area contributed by atoms with Crippen LogP contribution >= 0.6 is 0 Å². The highest BCUT2D eigenvalue weighted by Crippen LogP contribution is 2.34. The molecule has 7 nitrogen and oxygen atoms in total. The van der Waals surface area contributed by atoms with Gasteiger partial charge in [0.1, 0.15) is 5.56 Å². The van der Waals surface area contributed by atoms with Gasteiger partial charge in [0.2, 0.25) is 5.88 Å². The fraction of sp³-hybridized carbons (Fsp3) is 0.333. The molecule has 130 valence electrons. The molecule has 0 saturated carbocycles. The first-order chi connectivity index (χ1) is 12.0. The maximum atomic E-state index is 12.5. The van der Waals surface area contributed by atoms with Crippen LogP contribution in [-0.2, 0) is 6.42 Å². The summed E-state index contributed by atoms with van der Waals surface area (Å²) in [7, 11) is 0. The molecule has 0 spiro atoms. The van der Waals surface area contributed by atoms with Gasteiger partial charge in [0.15, 0.2) is 0 Å². The Balaban J connectivity index is 1.98. The van der Waals surface area contributed by atoms with Crippen molar-refractivity contribution < 1.29 is 5.11 Å². The Bertz CT molecular complexity index is 1070. The van der Waals surface area contributed by atoms with Crippen LogP contribution in [-0.4, -0.2) is 26.2 Å². The SMILES string of the molecule is CC(C)n1c(O)c([C@H]2NCCc3c2[nH]c2ccccc32)c(=O)[nH]c1=O. The summed E-state index contributed by atoms with van der Waals surface area (Å²) in [6, 6.07) is 7.21. The number of hydrogen-bond acceptors (Lipinski definition) is 4. The van der Waals surface area contributed by atoms with Gasteiger partial charge in [0, 0.05) is 29.2 Å². The first-order valence-electron chi connectivity index (χ1n) is 8.39. The van der Waals surface area contributed by atoms with Gasteiger partial charge in [-0.15, -0.1) is 0 Å². The molecule has 0 unspecified atom stereocenters. The molecule has 3 heterocycles. The molecule has 25 heavy (non-hydrogen) atoms. The zero-order valence-corrected chi connectivity index (χ0v) is 14.1. The lowest BCUT2D eigenvalue weighted by Crippen LogP contribution is -2.39. The van der Waals surface area contributed by atoms with Crippen LogP contribution in [0.25, 0.3) is 10.9 Å². The fourth-order valence-corrected chi connectivity index (χ4v) is 3.72. The average Bonchev–Trinajstić information content (AvgIpc) is 2.93. The molecule has 4 rings (SSSR count). The number of hydrogen-bond donors (Lipinski definition) is 4. The van der Waals surface area contributed by atoms with Crippen molar-refractivity contribution in [2.75, 3.05) is 6.54 Å². The lowest BCUT2D eigenvalue weighted by atomic mass is 9.95. The van der Waals surface area contributed by atoms with Crippen molar-refractivity contribution in [3.8, 4) is 5.88 Å². The van der Waals surface area contributed by atoms with E-state index in [1.165, 1.54) is 4.57 Å². The Morgan fingerprint density at radius 2 is 1.96 bits per heavy atom. The van der Waals surface area contributed by atoms with E-state index in [1.54, 1.807) is 13.8 Å². The smallest absolute Gasteiger partial charge is 0.331 e. The van der Waals surface area contributed by atoms with Crippen LogP contribution in [0.4, 0.5) is 0 Å². The first kappa shape index (κ1) is 15.7. The number of aromatic nitrogens is 3. The summed E-state index contributed by atoms with van der Waals surface area (Å²) in [5.41, 5.74) is 2.00. The zero-order valence-electron chi connectivity index (χ0n) is 14.1. The highest BCUT2D eigenvalue weighted by Gasteiger charge is 2.31. The minimum Gasteiger partial charge on any atom is -0.494 e. The van der Waals surface area contributed by atoms with E-state index in [4.69, 9.17) is 0 Å². The summed E-state index contributed by atoms with van der Waals surface area (Å²) in [5.74, 6) is -0.284. The van der Waals surface area contributed by atoms with E-state index in [9.17, 15) is 14.7 Å². The number of H-pyrrole nitrogens is 2. The third-order valence-electron chi connectivity index (χ3n) is 4.82.